The normalized spacial score (nSPS) is 13.0. The summed E-state index contributed by atoms with van der Waals surface area (Å²) in [6.45, 7) is 0.753. The number of ether oxygens (including phenoxy) is 2. The molecule has 0 aliphatic heterocycles. The van der Waals surface area contributed by atoms with E-state index in [1.165, 1.54) is 0 Å². The molecule has 0 bridgehead atoms. The fraction of sp³-hybridized carbons (Fsp3) is 0.172. The number of benzene rings is 3. The van der Waals surface area contributed by atoms with Crippen LogP contribution in [0.2, 0.25) is 10.0 Å². The van der Waals surface area contributed by atoms with Gasteiger partial charge >= 0.3 is 0 Å². The molecule has 5 aromatic rings. The molecular formula is C29H25Cl2N3O3. The Labute approximate surface area is 225 Å². The van der Waals surface area contributed by atoms with Gasteiger partial charge in [-0.25, -0.2) is 9.97 Å². The van der Waals surface area contributed by atoms with Gasteiger partial charge in [-0.3, -0.25) is 0 Å². The summed E-state index contributed by atoms with van der Waals surface area (Å²) in [6.07, 6.45) is 3.31. The second kappa shape index (κ2) is 10.5. The Morgan fingerprint density at radius 2 is 1.68 bits per heavy atom. The Hall–Kier alpha value is -3.42. The first-order chi connectivity index (χ1) is 17.9. The lowest BCUT2D eigenvalue weighted by atomic mass is 9.83. The average Bonchev–Trinajstić information content (AvgIpc) is 3.35. The number of fused-ring (bicyclic) bond motifs is 1. The van der Waals surface area contributed by atoms with Crippen LogP contribution in [-0.2, 0) is 17.4 Å². The van der Waals surface area contributed by atoms with Gasteiger partial charge in [0.25, 0.3) is 0 Å². The van der Waals surface area contributed by atoms with Crippen molar-refractivity contribution in [1.82, 2.24) is 14.5 Å². The van der Waals surface area contributed by atoms with E-state index in [4.69, 9.17) is 37.7 Å². The van der Waals surface area contributed by atoms with Crippen molar-refractivity contribution in [3.05, 3.63) is 112 Å². The van der Waals surface area contributed by atoms with E-state index in [0.717, 1.165) is 5.56 Å². The van der Waals surface area contributed by atoms with Crippen LogP contribution in [0.4, 0.5) is 0 Å². The van der Waals surface area contributed by atoms with E-state index in [2.05, 4.69) is 4.98 Å². The highest BCUT2D eigenvalue weighted by Crippen LogP contribution is 2.43. The molecule has 188 valence electrons. The SMILES string of the molecule is COCCOc1nc2ccc(C(O)(c3ccc(Cl)cc3)c3cncn3C)cc2c(Cl)c1-c1ccccc1. The summed E-state index contributed by atoms with van der Waals surface area (Å²) in [4.78, 5) is 9.04. The van der Waals surface area contributed by atoms with Crippen molar-refractivity contribution in [3.63, 3.8) is 0 Å². The maximum atomic E-state index is 12.3. The first-order valence-corrected chi connectivity index (χ1v) is 12.4. The van der Waals surface area contributed by atoms with Gasteiger partial charge in [0.1, 0.15) is 6.61 Å². The fourth-order valence-electron chi connectivity index (χ4n) is 4.47. The molecule has 1 unspecified atom stereocenters. The van der Waals surface area contributed by atoms with Crippen molar-refractivity contribution in [2.45, 2.75) is 5.60 Å². The Bertz CT molecular complexity index is 1540. The number of rotatable bonds is 8. The summed E-state index contributed by atoms with van der Waals surface area (Å²) >= 11 is 13.2. The number of imidazole rings is 1. The van der Waals surface area contributed by atoms with Gasteiger partial charge in [-0.15, -0.1) is 0 Å². The molecule has 3 aromatic carbocycles. The number of hydrogen-bond donors (Lipinski definition) is 1. The van der Waals surface area contributed by atoms with Crippen LogP contribution in [0.1, 0.15) is 16.8 Å². The standard InChI is InChI=1S/C29H25Cl2N3O3/c1-34-18-32-17-25(34)29(35,20-8-11-22(30)12-9-20)21-10-13-24-23(16-21)27(31)26(19-6-4-3-5-7-19)28(33-24)37-15-14-36-2/h3-13,16-18,35H,14-15H2,1-2H3. The summed E-state index contributed by atoms with van der Waals surface area (Å²) in [5.74, 6) is 0.424. The molecule has 0 amide bonds. The number of methoxy groups -OCH3 is 1. The quantitative estimate of drug-likeness (QED) is 0.238. The summed E-state index contributed by atoms with van der Waals surface area (Å²) in [5, 5.41) is 14.1. The lowest BCUT2D eigenvalue weighted by Crippen LogP contribution is -2.31. The molecule has 8 heteroatoms. The lowest BCUT2D eigenvalue weighted by Gasteiger charge is -2.30. The first-order valence-electron chi connectivity index (χ1n) is 11.7. The lowest BCUT2D eigenvalue weighted by molar-refractivity contribution is 0.117. The molecular weight excluding hydrogens is 509 g/mol. The van der Waals surface area contributed by atoms with Crippen molar-refractivity contribution >= 4 is 34.1 Å². The van der Waals surface area contributed by atoms with Crippen LogP contribution in [0.15, 0.2) is 85.3 Å². The average molecular weight is 534 g/mol. The number of hydrogen-bond acceptors (Lipinski definition) is 5. The van der Waals surface area contributed by atoms with Crippen molar-refractivity contribution in [2.24, 2.45) is 7.05 Å². The molecule has 2 heterocycles. The van der Waals surface area contributed by atoms with Crippen LogP contribution < -0.4 is 4.74 Å². The third-order valence-corrected chi connectivity index (χ3v) is 6.99. The van der Waals surface area contributed by atoms with Crippen LogP contribution in [0.3, 0.4) is 0 Å². The molecule has 0 saturated carbocycles. The molecule has 0 aliphatic carbocycles. The van der Waals surface area contributed by atoms with Gasteiger partial charge in [0.15, 0.2) is 5.60 Å². The van der Waals surface area contributed by atoms with E-state index in [9.17, 15) is 5.11 Å². The van der Waals surface area contributed by atoms with E-state index >= 15 is 0 Å². The van der Waals surface area contributed by atoms with E-state index in [1.807, 2.05) is 67.7 Å². The van der Waals surface area contributed by atoms with E-state index in [1.54, 1.807) is 36.3 Å². The Balaban J connectivity index is 1.74. The van der Waals surface area contributed by atoms with Gasteiger partial charge in [-0.05, 0) is 41.0 Å². The summed E-state index contributed by atoms with van der Waals surface area (Å²) in [5.41, 5.74) is 2.53. The largest absolute Gasteiger partial charge is 0.475 e. The maximum absolute atomic E-state index is 12.3. The molecule has 1 N–H and O–H groups in total. The first kappa shape index (κ1) is 25.2. The van der Waals surface area contributed by atoms with E-state index in [-0.39, 0.29) is 0 Å². The van der Waals surface area contributed by atoms with Gasteiger partial charge in [-0.1, -0.05) is 71.7 Å². The Kier molecular flexibility index (Phi) is 7.17. The predicted molar refractivity (Wildman–Crippen MR) is 146 cm³/mol. The maximum Gasteiger partial charge on any atom is 0.223 e. The summed E-state index contributed by atoms with van der Waals surface area (Å²) < 4.78 is 12.9. The van der Waals surface area contributed by atoms with Gasteiger partial charge < -0.3 is 19.1 Å². The molecule has 0 aliphatic rings. The third kappa shape index (κ3) is 4.69. The Morgan fingerprint density at radius 1 is 0.946 bits per heavy atom. The molecule has 2 aromatic heterocycles. The fourth-order valence-corrected chi connectivity index (χ4v) is 4.94. The molecule has 0 radical (unpaired) electrons. The van der Waals surface area contributed by atoms with Crippen LogP contribution in [0, 0.1) is 0 Å². The second-order valence-electron chi connectivity index (χ2n) is 8.65. The van der Waals surface area contributed by atoms with Crippen molar-refractivity contribution in [3.8, 4) is 17.0 Å². The zero-order valence-electron chi connectivity index (χ0n) is 20.4. The zero-order chi connectivity index (χ0) is 26.0. The molecule has 0 fully saturated rings. The third-order valence-electron chi connectivity index (χ3n) is 6.34. The van der Waals surface area contributed by atoms with Gasteiger partial charge in [0.2, 0.25) is 5.88 Å². The topological polar surface area (TPSA) is 69.4 Å². The number of aryl methyl sites for hydroxylation is 1. The van der Waals surface area contributed by atoms with Crippen LogP contribution in [0.5, 0.6) is 5.88 Å². The van der Waals surface area contributed by atoms with Gasteiger partial charge in [-0.2, -0.15) is 0 Å². The zero-order valence-corrected chi connectivity index (χ0v) is 21.9. The monoisotopic (exact) mass is 533 g/mol. The Morgan fingerprint density at radius 3 is 2.35 bits per heavy atom. The van der Waals surface area contributed by atoms with E-state index < -0.39 is 5.60 Å². The number of nitrogens with zero attached hydrogens (tertiary/aromatic N) is 3. The van der Waals surface area contributed by atoms with Crippen molar-refractivity contribution in [1.29, 1.82) is 0 Å². The van der Waals surface area contributed by atoms with E-state index in [0.29, 0.717) is 62.4 Å². The highest BCUT2D eigenvalue weighted by molar-refractivity contribution is 6.38. The highest BCUT2D eigenvalue weighted by Gasteiger charge is 2.37. The van der Waals surface area contributed by atoms with Crippen LogP contribution >= 0.6 is 23.2 Å². The van der Waals surface area contributed by atoms with Gasteiger partial charge in [0.05, 0.1) is 40.9 Å². The minimum atomic E-state index is -1.52. The smallest absolute Gasteiger partial charge is 0.223 e. The highest BCUT2D eigenvalue weighted by atomic mass is 35.5. The number of aromatic nitrogens is 3. The van der Waals surface area contributed by atoms with Crippen molar-refractivity contribution < 1.29 is 14.6 Å². The summed E-state index contributed by atoms with van der Waals surface area (Å²) in [7, 11) is 3.46. The number of pyridine rings is 1. The molecule has 5 rings (SSSR count). The summed E-state index contributed by atoms with van der Waals surface area (Å²) in [6, 6.07) is 22.4. The van der Waals surface area contributed by atoms with Crippen LogP contribution in [0.25, 0.3) is 22.0 Å². The molecule has 0 saturated heterocycles. The molecule has 6 nitrogen and oxygen atoms in total. The van der Waals surface area contributed by atoms with Crippen molar-refractivity contribution in [2.75, 3.05) is 20.3 Å². The number of aliphatic hydroxyl groups is 1. The number of halogens is 2. The molecule has 37 heavy (non-hydrogen) atoms. The molecule has 1 atom stereocenters. The second-order valence-corrected chi connectivity index (χ2v) is 9.47. The molecule has 0 spiro atoms. The van der Waals surface area contributed by atoms with Crippen LogP contribution in [-0.4, -0.2) is 40.0 Å². The predicted octanol–water partition coefficient (Wildman–Crippen LogP) is 6.25. The van der Waals surface area contributed by atoms with Gasteiger partial charge in [0, 0.05) is 24.6 Å². The minimum absolute atomic E-state index is 0.333. The minimum Gasteiger partial charge on any atom is -0.475 e.